The maximum absolute atomic E-state index is 4.89. The lowest BCUT2D eigenvalue weighted by molar-refractivity contribution is 0.588. The van der Waals surface area contributed by atoms with Crippen molar-refractivity contribution in [2.45, 2.75) is 32.1 Å². The molecule has 0 fully saturated rings. The fourth-order valence-corrected chi connectivity index (χ4v) is 3.44. The summed E-state index contributed by atoms with van der Waals surface area (Å²) in [7, 11) is 0. The number of para-hydroxylation sites is 2. The number of fused-ring (bicyclic) bond motifs is 2. The van der Waals surface area contributed by atoms with Gasteiger partial charge < -0.3 is 0 Å². The van der Waals surface area contributed by atoms with Gasteiger partial charge in [-0.3, -0.25) is 9.97 Å². The van der Waals surface area contributed by atoms with Crippen molar-refractivity contribution >= 4 is 21.8 Å². The van der Waals surface area contributed by atoms with Crippen molar-refractivity contribution in [1.82, 2.24) is 9.97 Å². The zero-order valence-corrected chi connectivity index (χ0v) is 14.5. The van der Waals surface area contributed by atoms with E-state index in [2.05, 4.69) is 73.7 Å². The Labute approximate surface area is 148 Å². The van der Waals surface area contributed by atoms with Gasteiger partial charge in [0.15, 0.2) is 0 Å². The lowest BCUT2D eigenvalue weighted by Crippen LogP contribution is -2.03. The summed E-state index contributed by atoms with van der Waals surface area (Å²) >= 11 is 0. The summed E-state index contributed by atoms with van der Waals surface area (Å²) in [6, 6.07) is 25.3. The van der Waals surface area contributed by atoms with Gasteiger partial charge >= 0.3 is 0 Å². The highest BCUT2D eigenvalue weighted by Crippen LogP contribution is 2.25. The molecule has 0 amide bonds. The topological polar surface area (TPSA) is 25.8 Å². The third kappa shape index (κ3) is 3.39. The van der Waals surface area contributed by atoms with Crippen LogP contribution in [0.3, 0.4) is 0 Å². The number of pyridine rings is 2. The Bertz CT molecular complexity index is 1010. The van der Waals surface area contributed by atoms with Gasteiger partial charge in [0.05, 0.1) is 11.0 Å². The van der Waals surface area contributed by atoms with Crippen molar-refractivity contribution in [2.75, 3.05) is 0 Å². The van der Waals surface area contributed by atoms with Gasteiger partial charge in [-0.05, 0) is 43.5 Å². The lowest BCUT2D eigenvalue weighted by atomic mass is 9.94. The third-order valence-corrected chi connectivity index (χ3v) is 4.94. The number of hydrogen-bond donors (Lipinski definition) is 0. The van der Waals surface area contributed by atoms with E-state index in [-0.39, 0.29) is 0 Å². The number of rotatable bonds is 5. The Morgan fingerprint density at radius 1 is 0.720 bits per heavy atom. The first-order valence-electron chi connectivity index (χ1n) is 9.04. The minimum absolute atomic E-state index is 0.470. The van der Waals surface area contributed by atoms with Crippen LogP contribution in [-0.4, -0.2) is 9.97 Å². The molecule has 0 N–H and O–H groups in total. The summed E-state index contributed by atoms with van der Waals surface area (Å²) < 4.78 is 0. The minimum atomic E-state index is 0.470. The summed E-state index contributed by atoms with van der Waals surface area (Å²) in [6.45, 7) is 2.25. The molecular weight excluding hydrogens is 304 g/mol. The van der Waals surface area contributed by atoms with Gasteiger partial charge in [0.2, 0.25) is 0 Å². The minimum Gasteiger partial charge on any atom is -0.253 e. The summed E-state index contributed by atoms with van der Waals surface area (Å²) in [5.74, 6) is 0.470. The van der Waals surface area contributed by atoms with Crippen molar-refractivity contribution in [3.63, 3.8) is 0 Å². The van der Waals surface area contributed by atoms with Crippen LogP contribution in [0.5, 0.6) is 0 Å². The molecule has 0 spiro atoms. The van der Waals surface area contributed by atoms with Gasteiger partial charge in [-0.15, -0.1) is 0 Å². The van der Waals surface area contributed by atoms with Gasteiger partial charge in [-0.2, -0.15) is 0 Å². The number of aromatic nitrogens is 2. The monoisotopic (exact) mass is 326 g/mol. The smallest absolute Gasteiger partial charge is 0.0705 e. The largest absolute Gasteiger partial charge is 0.253 e. The first kappa shape index (κ1) is 15.8. The molecule has 2 heteroatoms. The van der Waals surface area contributed by atoms with Gasteiger partial charge in [0, 0.05) is 28.1 Å². The van der Waals surface area contributed by atoms with E-state index < -0.39 is 0 Å². The van der Waals surface area contributed by atoms with E-state index in [1.165, 1.54) is 16.5 Å². The molecule has 0 aliphatic carbocycles. The molecule has 0 bridgehead atoms. The molecule has 0 radical (unpaired) electrons. The number of aryl methyl sites for hydroxylation is 1. The molecule has 4 rings (SSSR count). The Kier molecular flexibility index (Phi) is 4.43. The molecule has 0 aliphatic rings. The molecule has 2 nitrogen and oxygen atoms in total. The van der Waals surface area contributed by atoms with Crippen LogP contribution in [0.2, 0.25) is 0 Å². The fraction of sp³-hybridized carbons (Fsp3) is 0.217. The van der Waals surface area contributed by atoms with Crippen molar-refractivity contribution in [2.24, 2.45) is 0 Å². The Hall–Kier alpha value is -2.74. The van der Waals surface area contributed by atoms with E-state index in [1.54, 1.807) is 0 Å². The molecule has 25 heavy (non-hydrogen) atoms. The second-order valence-electron chi connectivity index (χ2n) is 6.57. The van der Waals surface area contributed by atoms with Crippen molar-refractivity contribution in [3.8, 4) is 0 Å². The molecule has 1 atom stereocenters. The quantitative estimate of drug-likeness (QED) is 0.455. The van der Waals surface area contributed by atoms with E-state index >= 15 is 0 Å². The van der Waals surface area contributed by atoms with Gasteiger partial charge in [-0.25, -0.2) is 0 Å². The summed E-state index contributed by atoms with van der Waals surface area (Å²) in [6.07, 6.45) is 3.16. The predicted octanol–water partition coefficient (Wildman–Crippen LogP) is 5.91. The van der Waals surface area contributed by atoms with Crippen molar-refractivity contribution in [1.29, 1.82) is 0 Å². The first-order valence-corrected chi connectivity index (χ1v) is 9.04. The SMILES string of the molecule is CCC(CCc1ccc2ccccc2n1)c1ccc2ccccc2n1. The lowest BCUT2D eigenvalue weighted by Gasteiger charge is -2.15. The van der Waals surface area contributed by atoms with Crippen LogP contribution in [0.25, 0.3) is 21.8 Å². The van der Waals surface area contributed by atoms with Crippen molar-refractivity contribution < 1.29 is 0 Å². The van der Waals surface area contributed by atoms with Crippen LogP contribution in [0.1, 0.15) is 37.1 Å². The van der Waals surface area contributed by atoms with E-state index in [0.29, 0.717) is 5.92 Å². The fourth-order valence-electron chi connectivity index (χ4n) is 3.44. The second-order valence-corrected chi connectivity index (χ2v) is 6.57. The summed E-state index contributed by atoms with van der Waals surface area (Å²) in [5.41, 5.74) is 4.53. The van der Waals surface area contributed by atoms with Crippen LogP contribution in [0.4, 0.5) is 0 Å². The van der Waals surface area contributed by atoms with Gasteiger partial charge in [-0.1, -0.05) is 55.5 Å². The zero-order valence-electron chi connectivity index (χ0n) is 14.5. The van der Waals surface area contributed by atoms with Crippen LogP contribution >= 0.6 is 0 Å². The summed E-state index contributed by atoms with van der Waals surface area (Å²) in [5, 5.41) is 2.41. The standard InChI is InChI=1S/C23H22N2/c1-2-17(23-16-13-19-8-4-6-10-22(19)25-23)11-14-20-15-12-18-7-3-5-9-21(18)24-20/h3-10,12-13,15-17H,2,11,14H2,1H3. The molecule has 0 aliphatic heterocycles. The van der Waals surface area contributed by atoms with E-state index in [0.717, 1.165) is 36.0 Å². The average molecular weight is 326 g/mol. The van der Waals surface area contributed by atoms with Crippen LogP contribution in [0, 0.1) is 0 Å². The Balaban J connectivity index is 1.54. The molecule has 2 heterocycles. The normalized spacial score (nSPS) is 12.5. The highest BCUT2D eigenvalue weighted by molar-refractivity contribution is 5.79. The van der Waals surface area contributed by atoms with Crippen LogP contribution in [-0.2, 0) is 6.42 Å². The predicted molar refractivity (Wildman–Crippen MR) is 105 cm³/mol. The van der Waals surface area contributed by atoms with Gasteiger partial charge in [0.1, 0.15) is 0 Å². The van der Waals surface area contributed by atoms with E-state index in [9.17, 15) is 0 Å². The Morgan fingerprint density at radius 2 is 1.36 bits per heavy atom. The highest BCUT2D eigenvalue weighted by atomic mass is 14.7. The Morgan fingerprint density at radius 3 is 2.08 bits per heavy atom. The van der Waals surface area contributed by atoms with Crippen LogP contribution in [0.15, 0.2) is 72.8 Å². The second kappa shape index (κ2) is 7.02. The molecule has 2 aromatic heterocycles. The average Bonchev–Trinajstić information content (AvgIpc) is 2.68. The number of nitrogens with zero attached hydrogens (tertiary/aromatic N) is 2. The first-order chi connectivity index (χ1) is 12.3. The molecule has 0 saturated heterocycles. The molecule has 124 valence electrons. The maximum Gasteiger partial charge on any atom is 0.0705 e. The van der Waals surface area contributed by atoms with Crippen LogP contribution < -0.4 is 0 Å². The number of benzene rings is 2. The van der Waals surface area contributed by atoms with Crippen molar-refractivity contribution in [3.05, 3.63) is 84.2 Å². The molecule has 1 unspecified atom stereocenters. The molecule has 0 saturated carbocycles. The van der Waals surface area contributed by atoms with E-state index in [4.69, 9.17) is 9.97 Å². The highest BCUT2D eigenvalue weighted by Gasteiger charge is 2.12. The summed E-state index contributed by atoms with van der Waals surface area (Å²) in [4.78, 5) is 9.69. The maximum atomic E-state index is 4.89. The molecule has 2 aromatic carbocycles. The zero-order chi connectivity index (χ0) is 17.1. The molecular formula is C23H22N2. The van der Waals surface area contributed by atoms with E-state index in [1.807, 2.05) is 6.07 Å². The molecule has 4 aromatic rings. The number of hydrogen-bond acceptors (Lipinski definition) is 2. The third-order valence-electron chi connectivity index (χ3n) is 4.94. The van der Waals surface area contributed by atoms with Gasteiger partial charge in [0.25, 0.3) is 0 Å².